The van der Waals surface area contributed by atoms with E-state index in [4.69, 9.17) is 11.6 Å². The van der Waals surface area contributed by atoms with Crippen molar-refractivity contribution < 1.29 is 4.79 Å². The van der Waals surface area contributed by atoms with E-state index in [0.29, 0.717) is 29.0 Å². The first kappa shape index (κ1) is 15.0. The average molecular weight is 321 g/mol. The number of likely N-dealkylation sites (N-methyl/N-ethyl adjacent to an activating group) is 1. The molecular formula is C15H17ClN4O2. The lowest BCUT2D eigenvalue weighted by molar-refractivity contribution is -0.122. The Kier molecular flexibility index (Phi) is 4.13. The van der Waals surface area contributed by atoms with Crippen LogP contribution >= 0.6 is 11.6 Å². The van der Waals surface area contributed by atoms with E-state index in [2.05, 4.69) is 10.3 Å². The molecular weight excluding hydrogens is 304 g/mol. The number of fused-ring (bicyclic) bond motifs is 1. The molecule has 0 bridgehead atoms. The lowest BCUT2D eigenvalue weighted by Crippen LogP contribution is -2.36. The Morgan fingerprint density at radius 2 is 2.27 bits per heavy atom. The molecule has 1 saturated carbocycles. The summed E-state index contributed by atoms with van der Waals surface area (Å²) in [5.41, 5.74) is 0.995. The molecule has 1 N–H and O–H groups in total. The van der Waals surface area contributed by atoms with Gasteiger partial charge in [0.1, 0.15) is 5.65 Å². The van der Waals surface area contributed by atoms with E-state index in [1.807, 2.05) is 11.9 Å². The van der Waals surface area contributed by atoms with Gasteiger partial charge < -0.3 is 5.32 Å². The predicted molar refractivity (Wildman–Crippen MR) is 84.0 cm³/mol. The van der Waals surface area contributed by atoms with Crippen molar-refractivity contribution in [3.63, 3.8) is 0 Å². The van der Waals surface area contributed by atoms with Crippen LogP contribution in [-0.4, -0.2) is 39.8 Å². The van der Waals surface area contributed by atoms with Crippen LogP contribution in [0.3, 0.4) is 0 Å². The molecule has 116 valence electrons. The van der Waals surface area contributed by atoms with Gasteiger partial charge in [0, 0.05) is 24.8 Å². The third-order valence-electron chi connectivity index (χ3n) is 3.46. The van der Waals surface area contributed by atoms with E-state index >= 15 is 0 Å². The minimum absolute atomic E-state index is 0.00860. The highest BCUT2D eigenvalue weighted by Gasteiger charge is 2.23. The topological polar surface area (TPSA) is 66.7 Å². The van der Waals surface area contributed by atoms with Gasteiger partial charge in [0.15, 0.2) is 0 Å². The van der Waals surface area contributed by atoms with Crippen LogP contribution in [0.25, 0.3) is 5.65 Å². The van der Waals surface area contributed by atoms with Crippen molar-refractivity contribution in [2.45, 2.75) is 25.4 Å². The van der Waals surface area contributed by atoms with Gasteiger partial charge in [0.25, 0.3) is 5.56 Å². The maximum atomic E-state index is 12.1. The van der Waals surface area contributed by atoms with Gasteiger partial charge in [-0.1, -0.05) is 11.6 Å². The zero-order chi connectivity index (χ0) is 15.7. The molecule has 0 radical (unpaired) electrons. The molecule has 6 nitrogen and oxygen atoms in total. The largest absolute Gasteiger partial charge is 0.352 e. The number of pyridine rings is 1. The molecule has 2 heterocycles. The molecule has 22 heavy (non-hydrogen) atoms. The lowest BCUT2D eigenvalue weighted by atomic mass is 10.3. The molecule has 0 spiro atoms. The molecule has 0 aromatic carbocycles. The van der Waals surface area contributed by atoms with Crippen LogP contribution in [0, 0.1) is 0 Å². The highest BCUT2D eigenvalue weighted by atomic mass is 35.5. The maximum Gasteiger partial charge on any atom is 0.258 e. The minimum atomic E-state index is -0.182. The van der Waals surface area contributed by atoms with Gasteiger partial charge >= 0.3 is 0 Å². The molecule has 2 aromatic rings. The third-order valence-corrected chi connectivity index (χ3v) is 3.69. The van der Waals surface area contributed by atoms with Crippen LogP contribution in [0.5, 0.6) is 0 Å². The Bertz CT molecular complexity index is 770. The van der Waals surface area contributed by atoms with E-state index < -0.39 is 0 Å². The number of hydrogen-bond donors (Lipinski definition) is 1. The van der Waals surface area contributed by atoms with Crippen LogP contribution in [0.1, 0.15) is 18.5 Å². The fourth-order valence-corrected chi connectivity index (χ4v) is 2.45. The summed E-state index contributed by atoms with van der Waals surface area (Å²) in [7, 11) is 1.83. The van der Waals surface area contributed by atoms with E-state index in [1.54, 1.807) is 18.3 Å². The van der Waals surface area contributed by atoms with Crippen molar-refractivity contribution in [2.75, 3.05) is 13.6 Å². The van der Waals surface area contributed by atoms with Crippen molar-refractivity contribution in [1.82, 2.24) is 19.6 Å². The molecule has 1 aliphatic rings. The van der Waals surface area contributed by atoms with Gasteiger partial charge in [0.2, 0.25) is 5.91 Å². The number of carbonyl (C=O) groups excluding carboxylic acids is 1. The summed E-state index contributed by atoms with van der Waals surface area (Å²) in [4.78, 5) is 30.1. The molecule has 7 heteroatoms. The summed E-state index contributed by atoms with van der Waals surface area (Å²) in [5.74, 6) is 0.00860. The fourth-order valence-electron chi connectivity index (χ4n) is 2.29. The number of aromatic nitrogens is 2. The first-order chi connectivity index (χ1) is 10.5. The third kappa shape index (κ3) is 3.64. The van der Waals surface area contributed by atoms with E-state index in [9.17, 15) is 9.59 Å². The van der Waals surface area contributed by atoms with Crippen LogP contribution in [0.15, 0.2) is 29.2 Å². The van der Waals surface area contributed by atoms with Crippen molar-refractivity contribution in [3.8, 4) is 0 Å². The molecule has 1 fully saturated rings. The monoisotopic (exact) mass is 320 g/mol. The van der Waals surface area contributed by atoms with Crippen molar-refractivity contribution >= 4 is 23.2 Å². The van der Waals surface area contributed by atoms with Crippen LogP contribution in [0.4, 0.5) is 0 Å². The Balaban J connectivity index is 1.71. The average Bonchev–Trinajstić information content (AvgIpc) is 3.23. The summed E-state index contributed by atoms with van der Waals surface area (Å²) in [6.45, 7) is 0.727. The quantitative estimate of drug-likeness (QED) is 0.894. The van der Waals surface area contributed by atoms with Crippen LogP contribution in [0.2, 0.25) is 5.02 Å². The zero-order valence-corrected chi connectivity index (χ0v) is 13.0. The number of nitrogens with one attached hydrogen (secondary N) is 1. The number of carbonyl (C=O) groups is 1. The second kappa shape index (κ2) is 6.06. The van der Waals surface area contributed by atoms with Crippen molar-refractivity contribution in [1.29, 1.82) is 0 Å². The van der Waals surface area contributed by atoms with E-state index in [1.165, 1.54) is 10.5 Å². The Hall–Kier alpha value is -1.92. The Morgan fingerprint density at radius 3 is 3.00 bits per heavy atom. The highest BCUT2D eigenvalue weighted by molar-refractivity contribution is 6.30. The van der Waals surface area contributed by atoms with E-state index in [0.717, 1.165) is 12.8 Å². The highest BCUT2D eigenvalue weighted by Crippen LogP contribution is 2.18. The number of amides is 1. The summed E-state index contributed by atoms with van der Waals surface area (Å²) in [6.07, 6.45) is 3.69. The molecule has 0 aliphatic heterocycles. The lowest BCUT2D eigenvalue weighted by Gasteiger charge is -2.16. The summed E-state index contributed by atoms with van der Waals surface area (Å²) >= 11 is 5.88. The first-order valence-electron chi connectivity index (χ1n) is 7.17. The van der Waals surface area contributed by atoms with Crippen molar-refractivity contribution in [2.24, 2.45) is 0 Å². The number of nitrogens with zero attached hydrogens (tertiary/aromatic N) is 3. The van der Waals surface area contributed by atoms with Gasteiger partial charge in [-0.05, 0) is 32.0 Å². The second-order valence-corrected chi connectivity index (χ2v) is 6.11. The summed E-state index contributed by atoms with van der Waals surface area (Å²) in [6, 6.07) is 5.22. The van der Waals surface area contributed by atoms with Crippen molar-refractivity contribution in [3.05, 3.63) is 45.5 Å². The van der Waals surface area contributed by atoms with Gasteiger partial charge in [-0.15, -0.1) is 0 Å². The summed E-state index contributed by atoms with van der Waals surface area (Å²) < 4.78 is 1.41. The standard InChI is InChI=1S/C15H17ClN4O2/c1-19(9-14(21)18-11-3-4-11)8-12-6-15(22)20-7-10(16)2-5-13(20)17-12/h2,5-7,11H,3-4,8-9H2,1H3,(H,18,21). The summed E-state index contributed by atoms with van der Waals surface area (Å²) in [5, 5.41) is 3.42. The second-order valence-electron chi connectivity index (χ2n) is 5.68. The molecule has 0 atom stereocenters. The number of rotatable bonds is 5. The molecule has 1 aliphatic carbocycles. The molecule has 3 rings (SSSR count). The molecule has 0 unspecified atom stereocenters. The smallest absolute Gasteiger partial charge is 0.258 e. The zero-order valence-electron chi connectivity index (χ0n) is 12.3. The van der Waals surface area contributed by atoms with Gasteiger partial charge in [-0.3, -0.25) is 18.9 Å². The molecule has 2 aromatic heterocycles. The predicted octanol–water partition coefficient (Wildman–Crippen LogP) is 1.06. The van der Waals surface area contributed by atoms with Gasteiger partial charge in [-0.25, -0.2) is 4.98 Å². The number of halogens is 1. The van der Waals surface area contributed by atoms with Crippen LogP contribution < -0.4 is 10.9 Å². The fraction of sp³-hybridized carbons (Fsp3) is 0.400. The molecule has 1 amide bonds. The van der Waals surface area contributed by atoms with Gasteiger partial charge in [0.05, 0.1) is 17.3 Å². The maximum absolute atomic E-state index is 12.1. The van der Waals surface area contributed by atoms with Crippen LogP contribution in [-0.2, 0) is 11.3 Å². The number of hydrogen-bond acceptors (Lipinski definition) is 4. The first-order valence-corrected chi connectivity index (χ1v) is 7.55. The van der Waals surface area contributed by atoms with E-state index in [-0.39, 0.29) is 18.0 Å². The Morgan fingerprint density at radius 1 is 1.50 bits per heavy atom. The SMILES string of the molecule is CN(CC(=O)NC1CC1)Cc1cc(=O)n2cc(Cl)ccc2n1. The minimum Gasteiger partial charge on any atom is -0.352 e. The Labute approximate surface area is 132 Å². The molecule has 0 saturated heterocycles. The normalized spacial score (nSPS) is 14.5. The van der Waals surface area contributed by atoms with Gasteiger partial charge in [-0.2, -0.15) is 0 Å².